The van der Waals surface area contributed by atoms with E-state index in [1.807, 2.05) is 6.07 Å². The van der Waals surface area contributed by atoms with E-state index in [9.17, 15) is 0 Å². The Hall–Kier alpha value is -1.22. The minimum atomic E-state index is 0.360. The lowest BCUT2D eigenvalue weighted by atomic mass is 9.95. The van der Waals surface area contributed by atoms with Crippen LogP contribution in [0, 0.1) is 5.92 Å². The summed E-state index contributed by atoms with van der Waals surface area (Å²) < 4.78 is 10.8. The molecular formula is C16H23NO2. The monoisotopic (exact) mass is 261 g/mol. The standard InChI is InChI=1S/C16H23NO2/c1-12(2)14(17-7-3-4-8-17)9-13-5-6-15-16(10-13)19-11-18-15/h5-6,10,12,14H,3-4,7-9,11H2,1-2H3. The summed E-state index contributed by atoms with van der Waals surface area (Å²) in [6, 6.07) is 7.01. The van der Waals surface area contributed by atoms with Gasteiger partial charge in [-0.1, -0.05) is 19.9 Å². The van der Waals surface area contributed by atoms with Gasteiger partial charge in [0.25, 0.3) is 0 Å². The minimum Gasteiger partial charge on any atom is -0.454 e. The molecule has 2 aliphatic rings. The van der Waals surface area contributed by atoms with Gasteiger partial charge in [-0.05, 0) is 56.0 Å². The lowest BCUT2D eigenvalue weighted by molar-refractivity contribution is 0.173. The quantitative estimate of drug-likeness (QED) is 0.831. The number of nitrogens with zero attached hydrogens (tertiary/aromatic N) is 1. The van der Waals surface area contributed by atoms with Crippen molar-refractivity contribution in [2.75, 3.05) is 19.9 Å². The first-order valence-electron chi connectivity index (χ1n) is 7.36. The van der Waals surface area contributed by atoms with Crippen molar-refractivity contribution >= 4 is 0 Å². The molecule has 0 N–H and O–H groups in total. The van der Waals surface area contributed by atoms with Gasteiger partial charge in [-0.2, -0.15) is 0 Å². The zero-order chi connectivity index (χ0) is 13.2. The molecule has 3 nitrogen and oxygen atoms in total. The number of hydrogen-bond acceptors (Lipinski definition) is 3. The average molecular weight is 261 g/mol. The first kappa shape index (κ1) is 12.8. The van der Waals surface area contributed by atoms with Crippen LogP contribution in [0.15, 0.2) is 18.2 Å². The van der Waals surface area contributed by atoms with E-state index in [4.69, 9.17) is 9.47 Å². The maximum absolute atomic E-state index is 5.47. The minimum absolute atomic E-state index is 0.360. The van der Waals surface area contributed by atoms with Crippen LogP contribution in [0.5, 0.6) is 11.5 Å². The smallest absolute Gasteiger partial charge is 0.231 e. The maximum Gasteiger partial charge on any atom is 0.231 e. The number of fused-ring (bicyclic) bond motifs is 1. The van der Waals surface area contributed by atoms with E-state index in [2.05, 4.69) is 30.9 Å². The second-order valence-corrected chi connectivity index (χ2v) is 5.95. The van der Waals surface area contributed by atoms with Gasteiger partial charge in [0.2, 0.25) is 6.79 Å². The van der Waals surface area contributed by atoms with Crippen LogP contribution >= 0.6 is 0 Å². The predicted molar refractivity (Wildman–Crippen MR) is 75.7 cm³/mol. The fraction of sp³-hybridized carbons (Fsp3) is 0.625. The number of likely N-dealkylation sites (tertiary alicyclic amines) is 1. The van der Waals surface area contributed by atoms with Gasteiger partial charge in [0.05, 0.1) is 0 Å². The summed E-state index contributed by atoms with van der Waals surface area (Å²) in [5, 5.41) is 0. The summed E-state index contributed by atoms with van der Waals surface area (Å²) in [5.74, 6) is 2.47. The van der Waals surface area contributed by atoms with Gasteiger partial charge < -0.3 is 9.47 Å². The molecule has 0 bridgehead atoms. The third kappa shape index (κ3) is 2.71. The highest BCUT2D eigenvalue weighted by molar-refractivity contribution is 5.44. The lowest BCUT2D eigenvalue weighted by Crippen LogP contribution is -2.38. The van der Waals surface area contributed by atoms with Gasteiger partial charge in [-0.25, -0.2) is 0 Å². The number of ether oxygens (including phenoxy) is 2. The van der Waals surface area contributed by atoms with E-state index >= 15 is 0 Å². The molecule has 1 unspecified atom stereocenters. The average Bonchev–Trinajstić information content (AvgIpc) is 3.06. The van der Waals surface area contributed by atoms with Gasteiger partial charge >= 0.3 is 0 Å². The van der Waals surface area contributed by atoms with Crippen LogP contribution in [0.25, 0.3) is 0 Å². The van der Waals surface area contributed by atoms with Crippen molar-refractivity contribution in [3.05, 3.63) is 23.8 Å². The van der Waals surface area contributed by atoms with Crippen LogP contribution in [0.3, 0.4) is 0 Å². The van der Waals surface area contributed by atoms with Crippen LogP contribution in [-0.4, -0.2) is 30.8 Å². The molecule has 2 aliphatic heterocycles. The maximum atomic E-state index is 5.47. The Labute approximate surface area is 115 Å². The molecule has 3 rings (SSSR count). The van der Waals surface area contributed by atoms with Crippen LogP contribution in [0.1, 0.15) is 32.3 Å². The van der Waals surface area contributed by atoms with Gasteiger partial charge in [-0.3, -0.25) is 4.90 Å². The van der Waals surface area contributed by atoms with Gasteiger partial charge in [0, 0.05) is 6.04 Å². The van der Waals surface area contributed by atoms with Crippen molar-refractivity contribution in [2.45, 2.75) is 39.2 Å². The Morgan fingerprint density at radius 2 is 1.84 bits per heavy atom. The van der Waals surface area contributed by atoms with Gasteiger partial charge in [0.1, 0.15) is 0 Å². The molecule has 2 heterocycles. The number of benzene rings is 1. The van der Waals surface area contributed by atoms with Gasteiger partial charge in [0.15, 0.2) is 11.5 Å². The van der Waals surface area contributed by atoms with Crippen molar-refractivity contribution in [1.29, 1.82) is 0 Å². The summed E-state index contributed by atoms with van der Waals surface area (Å²) in [5.41, 5.74) is 1.36. The molecule has 19 heavy (non-hydrogen) atoms. The fourth-order valence-electron chi connectivity index (χ4n) is 3.17. The molecule has 0 aromatic heterocycles. The summed E-state index contributed by atoms with van der Waals surface area (Å²) in [7, 11) is 0. The zero-order valence-corrected chi connectivity index (χ0v) is 11.9. The molecule has 0 radical (unpaired) electrons. The first-order valence-corrected chi connectivity index (χ1v) is 7.36. The van der Waals surface area contributed by atoms with E-state index in [1.54, 1.807) is 0 Å². The van der Waals surface area contributed by atoms with Crippen molar-refractivity contribution in [3.63, 3.8) is 0 Å². The third-order valence-electron chi connectivity index (χ3n) is 4.26. The highest BCUT2D eigenvalue weighted by atomic mass is 16.7. The van der Waals surface area contributed by atoms with Gasteiger partial charge in [-0.15, -0.1) is 0 Å². The van der Waals surface area contributed by atoms with Crippen LogP contribution in [0.2, 0.25) is 0 Å². The molecule has 1 aromatic carbocycles. The molecule has 0 aliphatic carbocycles. The van der Waals surface area contributed by atoms with Crippen molar-refractivity contribution in [3.8, 4) is 11.5 Å². The molecule has 1 aromatic rings. The molecular weight excluding hydrogens is 238 g/mol. The fourth-order valence-corrected chi connectivity index (χ4v) is 3.17. The topological polar surface area (TPSA) is 21.7 Å². The van der Waals surface area contributed by atoms with E-state index in [0.29, 0.717) is 18.8 Å². The third-order valence-corrected chi connectivity index (χ3v) is 4.26. The Morgan fingerprint density at radius 3 is 2.58 bits per heavy atom. The Morgan fingerprint density at radius 1 is 1.11 bits per heavy atom. The molecule has 0 spiro atoms. The number of hydrogen-bond donors (Lipinski definition) is 0. The van der Waals surface area contributed by atoms with Crippen molar-refractivity contribution < 1.29 is 9.47 Å². The highest BCUT2D eigenvalue weighted by Gasteiger charge is 2.25. The van der Waals surface area contributed by atoms with E-state index < -0.39 is 0 Å². The SMILES string of the molecule is CC(C)C(Cc1ccc2c(c1)OCO2)N1CCCC1. The molecule has 0 amide bonds. The highest BCUT2D eigenvalue weighted by Crippen LogP contribution is 2.33. The Balaban J connectivity index is 1.74. The first-order chi connectivity index (χ1) is 9.24. The molecule has 0 saturated carbocycles. The largest absolute Gasteiger partial charge is 0.454 e. The second kappa shape index (κ2) is 5.41. The van der Waals surface area contributed by atoms with Crippen LogP contribution < -0.4 is 9.47 Å². The van der Waals surface area contributed by atoms with E-state index in [-0.39, 0.29) is 0 Å². The normalized spacial score (nSPS) is 20.2. The molecule has 1 saturated heterocycles. The summed E-state index contributed by atoms with van der Waals surface area (Å²) in [4.78, 5) is 2.65. The summed E-state index contributed by atoms with van der Waals surface area (Å²) >= 11 is 0. The molecule has 104 valence electrons. The predicted octanol–water partition coefficient (Wildman–Crippen LogP) is 3.08. The van der Waals surface area contributed by atoms with E-state index in [1.165, 1.54) is 31.5 Å². The number of rotatable bonds is 4. The zero-order valence-electron chi connectivity index (χ0n) is 11.9. The van der Waals surface area contributed by atoms with Crippen molar-refractivity contribution in [1.82, 2.24) is 4.90 Å². The summed E-state index contributed by atoms with van der Waals surface area (Å²) in [6.07, 6.45) is 3.81. The Kier molecular flexibility index (Phi) is 3.65. The summed E-state index contributed by atoms with van der Waals surface area (Å²) in [6.45, 7) is 7.53. The van der Waals surface area contributed by atoms with Crippen molar-refractivity contribution in [2.24, 2.45) is 5.92 Å². The molecule has 1 atom stereocenters. The van der Waals surface area contributed by atoms with E-state index in [0.717, 1.165) is 17.9 Å². The lowest BCUT2D eigenvalue weighted by Gasteiger charge is -2.31. The molecule has 1 fully saturated rings. The van der Waals surface area contributed by atoms with Crippen LogP contribution in [0.4, 0.5) is 0 Å². The molecule has 3 heteroatoms. The second-order valence-electron chi connectivity index (χ2n) is 5.95. The Bertz CT molecular complexity index is 438. The van der Waals surface area contributed by atoms with Crippen LogP contribution in [-0.2, 0) is 6.42 Å².